The number of halogens is 2. The Kier molecular flexibility index (Phi) is 2.67. The van der Waals surface area contributed by atoms with Crippen LogP contribution in [0.2, 0.25) is 5.15 Å². The quantitative estimate of drug-likeness (QED) is 0.588. The SMILES string of the molecule is ClCCc1nc(Cl)c2ccsc2n1. The monoisotopic (exact) mass is 232 g/mol. The summed E-state index contributed by atoms with van der Waals surface area (Å²) in [7, 11) is 0. The number of aryl methyl sites for hydroxylation is 1. The van der Waals surface area contributed by atoms with Crippen molar-refractivity contribution < 1.29 is 0 Å². The average Bonchev–Trinajstić information content (AvgIpc) is 2.53. The molecule has 0 fully saturated rings. The summed E-state index contributed by atoms with van der Waals surface area (Å²) in [6.07, 6.45) is 0.662. The first-order chi connectivity index (χ1) is 6.31. The zero-order valence-electron chi connectivity index (χ0n) is 6.63. The van der Waals surface area contributed by atoms with Crippen LogP contribution in [0.5, 0.6) is 0 Å². The van der Waals surface area contributed by atoms with Crippen LogP contribution < -0.4 is 0 Å². The lowest BCUT2D eigenvalue weighted by molar-refractivity contribution is 0.970. The Hall–Kier alpha value is -0.380. The van der Waals surface area contributed by atoms with Crippen LogP contribution >= 0.6 is 34.5 Å². The molecule has 0 atom stereocenters. The maximum absolute atomic E-state index is 5.95. The van der Waals surface area contributed by atoms with Crippen LogP contribution in [0.1, 0.15) is 5.82 Å². The predicted octanol–water partition coefficient (Wildman–Crippen LogP) is 3.13. The Morgan fingerprint density at radius 3 is 3.00 bits per heavy atom. The molecule has 0 radical (unpaired) electrons. The van der Waals surface area contributed by atoms with Crippen molar-refractivity contribution in [1.82, 2.24) is 9.97 Å². The number of rotatable bonds is 2. The summed E-state index contributed by atoms with van der Waals surface area (Å²) in [5.41, 5.74) is 0. The van der Waals surface area contributed by atoms with E-state index in [2.05, 4.69) is 9.97 Å². The Bertz CT molecular complexity index is 427. The fourth-order valence-electron chi connectivity index (χ4n) is 1.06. The van der Waals surface area contributed by atoms with E-state index in [1.54, 1.807) is 11.3 Å². The average molecular weight is 233 g/mol. The molecule has 2 aromatic heterocycles. The normalized spacial score (nSPS) is 10.9. The lowest BCUT2D eigenvalue weighted by Gasteiger charge is -1.97. The molecule has 0 saturated heterocycles. The molecule has 5 heteroatoms. The maximum Gasteiger partial charge on any atom is 0.141 e. The molecule has 0 aliphatic heterocycles. The van der Waals surface area contributed by atoms with E-state index < -0.39 is 0 Å². The molecule has 0 aromatic carbocycles. The molecule has 0 bridgehead atoms. The van der Waals surface area contributed by atoms with Gasteiger partial charge in [-0.3, -0.25) is 0 Å². The van der Waals surface area contributed by atoms with Crippen molar-refractivity contribution >= 4 is 44.8 Å². The molecule has 2 nitrogen and oxygen atoms in total. The summed E-state index contributed by atoms with van der Waals surface area (Å²) in [4.78, 5) is 9.39. The number of fused-ring (bicyclic) bond motifs is 1. The smallest absolute Gasteiger partial charge is 0.141 e. The van der Waals surface area contributed by atoms with Gasteiger partial charge in [-0.2, -0.15) is 0 Å². The summed E-state index contributed by atoms with van der Waals surface area (Å²) >= 11 is 13.1. The topological polar surface area (TPSA) is 25.8 Å². The van der Waals surface area contributed by atoms with E-state index >= 15 is 0 Å². The number of alkyl halides is 1. The number of aromatic nitrogens is 2. The Morgan fingerprint density at radius 2 is 2.23 bits per heavy atom. The summed E-state index contributed by atoms with van der Waals surface area (Å²) in [6, 6.07) is 1.92. The van der Waals surface area contributed by atoms with Gasteiger partial charge in [0.15, 0.2) is 0 Å². The van der Waals surface area contributed by atoms with E-state index in [1.165, 1.54) is 0 Å². The second kappa shape index (κ2) is 3.78. The third-order valence-corrected chi connectivity index (χ3v) is 2.93. The van der Waals surface area contributed by atoms with Crippen molar-refractivity contribution in [2.45, 2.75) is 6.42 Å². The lowest BCUT2D eigenvalue weighted by atomic mass is 10.4. The summed E-state index contributed by atoms with van der Waals surface area (Å²) in [5.74, 6) is 1.24. The van der Waals surface area contributed by atoms with Crippen LogP contribution in [0.4, 0.5) is 0 Å². The number of nitrogens with zero attached hydrogens (tertiary/aromatic N) is 2. The molecular weight excluding hydrogens is 227 g/mol. The zero-order valence-corrected chi connectivity index (χ0v) is 8.96. The first-order valence-electron chi connectivity index (χ1n) is 3.77. The van der Waals surface area contributed by atoms with E-state index in [-0.39, 0.29) is 0 Å². The molecule has 0 N–H and O–H groups in total. The van der Waals surface area contributed by atoms with Crippen LogP contribution in [0.3, 0.4) is 0 Å². The minimum Gasteiger partial charge on any atom is -0.222 e. The van der Waals surface area contributed by atoms with E-state index in [4.69, 9.17) is 23.2 Å². The highest BCUT2D eigenvalue weighted by molar-refractivity contribution is 7.16. The molecule has 2 heterocycles. The van der Waals surface area contributed by atoms with Gasteiger partial charge in [-0.05, 0) is 11.4 Å². The Morgan fingerprint density at radius 1 is 1.38 bits per heavy atom. The third-order valence-electron chi connectivity index (χ3n) is 1.64. The highest BCUT2D eigenvalue weighted by Gasteiger charge is 2.05. The van der Waals surface area contributed by atoms with E-state index in [9.17, 15) is 0 Å². The van der Waals surface area contributed by atoms with Crippen LogP contribution in [0.15, 0.2) is 11.4 Å². The standard InChI is InChI=1S/C8H6Cl2N2S/c9-3-1-6-11-7(10)5-2-4-13-8(5)12-6/h2,4H,1,3H2. The lowest BCUT2D eigenvalue weighted by Crippen LogP contribution is -1.95. The van der Waals surface area contributed by atoms with Gasteiger partial charge >= 0.3 is 0 Å². The van der Waals surface area contributed by atoms with Crippen molar-refractivity contribution in [2.75, 3.05) is 5.88 Å². The predicted molar refractivity (Wildman–Crippen MR) is 56.8 cm³/mol. The minimum absolute atomic E-state index is 0.520. The fourth-order valence-corrected chi connectivity index (χ4v) is 2.31. The number of hydrogen-bond acceptors (Lipinski definition) is 3. The molecule has 0 aliphatic carbocycles. The second-order valence-electron chi connectivity index (χ2n) is 2.51. The first-order valence-corrected chi connectivity index (χ1v) is 5.56. The molecule has 13 heavy (non-hydrogen) atoms. The Labute approximate surface area is 89.5 Å². The van der Waals surface area contributed by atoms with E-state index in [1.807, 2.05) is 11.4 Å². The molecule has 2 aromatic rings. The van der Waals surface area contributed by atoms with Gasteiger partial charge in [0.25, 0.3) is 0 Å². The number of thiophene rings is 1. The van der Waals surface area contributed by atoms with Crippen molar-refractivity contribution in [3.05, 3.63) is 22.4 Å². The molecule has 0 amide bonds. The fraction of sp³-hybridized carbons (Fsp3) is 0.250. The largest absolute Gasteiger partial charge is 0.222 e. The van der Waals surface area contributed by atoms with Crippen molar-refractivity contribution in [3.63, 3.8) is 0 Å². The maximum atomic E-state index is 5.95. The second-order valence-corrected chi connectivity index (χ2v) is 4.14. The molecule has 0 aliphatic rings. The van der Waals surface area contributed by atoms with Crippen LogP contribution in [0, 0.1) is 0 Å². The van der Waals surface area contributed by atoms with Crippen LogP contribution in [-0.4, -0.2) is 15.8 Å². The minimum atomic E-state index is 0.520. The van der Waals surface area contributed by atoms with Gasteiger partial charge in [0.1, 0.15) is 15.8 Å². The van der Waals surface area contributed by atoms with Gasteiger partial charge in [0.05, 0.1) is 0 Å². The highest BCUT2D eigenvalue weighted by atomic mass is 35.5. The molecule has 0 spiro atoms. The number of hydrogen-bond donors (Lipinski definition) is 0. The molecule has 2 rings (SSSR count). The van der Waals surface area contributed by atoms with Gasteiger partial charge in [-0.1, -0.05) is 11.6 Å². The summed E-state index contributed by atoms with van der Waals surface area (Å²) in [5, 5.41) is 3.40. The highest BCUT2D eigenvalue weighted by Crippen LogP contribution is 2.24. The third kappa shape index (κ3) is 1.77. The van der Waals surface area contributed by atoms with Gasteiger partial charge in [-0.15, -0.1) is 22.9 Å². The van der Waals surface area contributed by atoms with Crippen LogP contribution in [-0.2, 0) is 6.42 Å². The van der Waals surface area contributed by atoms with Gasteiger partial charge in [0.2, 0.25) is 0 Å². The molecule has 0 unspecified atom stereocenters. The van der Waals surface area contributed by atoms with E-state index in [0.717, 1.165) is 16.0 Å². The van der Waals surface area contributed by atoms with Crippen molar-refractivity contribution in [1.29, 1.82) is 0 Å². The zero-order chi connectivity index (χ0) is 9.26. The van der Waals surface area contributed by atoms with Gasteiger partial charge in [0, 0.05) is 17.7 Å². The molecule has 0 saturated carbocycles. The van der Waals surface area contributed by atoms with Crippen LogP contribution in [0.25, 0.3) is 10.2 Å². The first kappa shape index (κ1) is 9.19. The Balaban J connectivity index is 2.56. The molecular formula is C8H6Cl2N2S. The van der Waals surface area contributed by atoms with Gasteiger partial charge in [-0.25, -0.2) is 9.97 Å². The van der Waals surface area contributed by atoms with Crippen molar-refractivity contribution in [2.24, 2.45) is 0 Å². The summed E-state index contributed by atoms with van der Waals surface area (Å²) in [6.45, 7) is 0. The van der Waals surface area contributed by atoms with Gasteiger partial charge < -0.3 is 0 Å². The molecule has 68 valence electrons. The van der Waals surface area contributed by atoms with E-state index in [0.29, 0.717) is 17.5 Å². The summed E-state index contributed by atoms with van der Waals surface area (Å²) < 4.78 is 0. The van der Waals surface area contributed by atoms with Crippen molar-refractivity contribution in [3.8, 4) is 0 Å².